The third-order valence-corrected chi connectivity index (χ3v) is 6.43. The number of carbonyl (C=O) groups is 1. The summed E-state index contributed by atoms with van der Waals surface area (Å²) in [7, 11) is 0. The van der Waals surface area contributed by atoms with Gasteiger partial charge in [0.15, 0.2) is 5.78 Å². The zero-order valence-corrected chi connectivity index (χ0v) is 20.9. The first kappa shape index (κ1) is 29.7. The molecule has 3 aromatic rings. The Kier molecular flexibility index (Phi) is 9.00. The Labute approximate surface area is 225 Å². The maximum Gasteiger partial charge on any atom is 0.417 e. The Morgan fingerprint density at radius 2 is 1.47 bits per heavy atom. The molecule has 0 spiro atoms. The van der Waals surface area contributed by atoms with E-state index in [2.05, 4.69) is 5.32 Å². The van der Waals surface area contributed by atoms with Crippen molar-refractivity contribution in [2.24, 2.45) is 0 Å². The van der Waals surface area contributed by atoms with Crippen LogP contribution >= 0.6 is 34.8 Å². The molecule has 0 fully saturated rings. The maximum absolute atomic E-state index is 15.0. The summed E-state index contributed by atoms with van der Waals surface area (Å²) >= 11 is 17.3. The molecule has 0 aliphatic rings. The van der Waals surface area contributed by atoms with Crippen LogP contribution in [0.1, 0.15) is 33.0 Å². The van der Waals surface area contributed by atoms with Gasteiger partial charge in [0.25, 0.3) is 0 Å². The number of carbonyl (C=O) groups excluding carboxylic acids is 1. The molecule has 0 aliphatic heterocycles. The van der Waals surface area contributed by atoms with E-state index in [0.717, 1.165) is 30.3 Å². The smallest absolute Gasteiger partial charge is 0.378 e. The first-order valence-corrected chi connectivity index (χ1v) is 11.5. The third-order valence-electron chi connectivity index (χ3n) is 5.23. The van der Waals surface area contributed by atoms with E-state index in [0.29, 0.717) is 6.07 Å². The molecule has 0 aliphatic carbocycles. The summed E-state index contributed by atoms with van der Waals surface area (Å²) in [6.07, 6.45) is -10.1. The van der Waals surface area contributed by atoms with Gasteiger partial charge in [-0.3, -0.25) is 4.79 Å². The second-order valence-electron chi connectivity index (χ2n) is 7.87. The highest BCUT2D eigenvalue weighted by Gasteiger charge is 2.41. The van der Waals surface area contributed by atoms with Crippen molar-refractivity contribution >= 4 is 52.1 Å². The van der Waals surface area contributed by atoms with Crippen LogP contribution in [0.25, 0.3) is 5.83 Å². The number of halogens is 11. The minimum Gasteiger partial charge on any atom is -0.378 e. The van der Waals surface area contributed by atoms with E-state index in [-0.39, 0.29) is 32.9 Å². The number of hydrogen-bond acceptors (Lipinski definition) is 2. The van der Waals surface area contributed by atoms with Crippen molar-refractivity contribution < 1.29 is 39.9 Å². The molecule has 1 N–H and O–H groups in total. The average Bonchev–Trinajstić information content (AvgIpc) is 2.83. The molecule has 1 atom stereocenters. The first-order valence-electron chi connectivity index (χ1n) is 10.4. The number of alkyl halides is 6. The molecule has 1 unspecified atom stereocenters. The fourth-order valence-electron chi connectivity index (χ4n) is 3.39. The number of hydrogen-bond donors (Lipinski definition) is 1. The van der Waals surface area contributed by atoms with Gasteiger partial charge in [-0.25, -0.2) is 8.78 Å². The lowest BCUT2D eigenvalue weighted by atomic mass is 9.95. The van der Waals surface area contributed by atoms with Crippen LogP contribution in [0.2, 0.25) is 15.1 Å². The molecule has 3 aromatic carbocycles. The summed E-state index contributed by atoms with van der Waals surface area (Å²) in [4.78, 5) is 12.5. The van der Waals surface area contributed by atoms with Crippen LogP contribution < -0.4 is 5.32 Å². The summed E-state index contributed by atoms with van der Waals surface area (Å²) < 4.78 is 110. The number of allylic oxidation sites excluding steroid dienone is 1. The van der Waals surface area contributed by atoms with Gasteiger partial charge in [0.1, 0.15) is 17.6 Å². The first-order chi connectivity index (χ1) is 17.6. The van der Waals surface area contributed by atoms with Crippen LogP contribution in [0.3, 0.4) is 0 Å². The van der Waals surface area contributed by atoms with E-state index >= 15 is 0 Å². The highest BCUT2D eigenvalue weighted by atomic mass is 35.5. The minimum atomic E-state index is -5.14. The van der Waals surface area contributed by atoms with E-state index in [4.69, 9.17) is 34.8 Å². The molecule has 2 nitrogen and oxygen atoms in total. The van der Waals surface area contributed by atoms with Crippen LogP contribution in [0.15, 0.2) is 60.7 Å². The van der Waals surface area contributed by atoms with Crippen molar-refractivity contribution in [2.75, 3.05) is 11.9 Å². The largest absolute Gasteiger partial charge is 0.417 e. The molecule has 3 rings (SSSR count). The van der Waals surface area contributed by atoms with Gasteiger partial charge in [-0.1, -0.05) is 46.9 Å². The molecule has 0 saturated carbocycles. The standard InChI is InChI=1S/C25H14Cl3F8NO/c26-19-8-13(9-20(27)23(19)28)17(24(31,32)33)10-21(30)12-1-6-16(18(7-12)25(34,35)36)22(38)11-37-15-4-2-14(29)3-5-15/h1-10,17,37H,11H2/b21-10-. The summed E-state index contributed by atoms with van der Waals surface area (Å²) in [6, 6.07) is 7.94. The molecule has 0 radical (unpaired) electrons. The molecule has 0 heterocycles. The van der Waals surface area contributed by atoms with Crippen LogP contribution in [0.5, 0.6) is 0 Å². The monoisotopic (exact) mass is 601 g/mol. The van der Waals surface area contributed by atoms with Gasteiger partial charge in [-0.15, -0.1) is 0 Å². The van der Waals surface area contributed by atoms with Gasteiger partial charge in [0.2, 0.25) is 0 Å². The topological polar surface area (TPSA) is 29.1 Å². The normalized spacial score (nSPS) is 13.4. The fraction of sp³-hybridized carbons (Fsp3) is 0.160. The maximum atomic E-state index is 15.0. The van der Waals surface area contributed by atoms with Crippen LogP contribution in [0.4, 0.5) is 40.8 Å². The van der Waals surface area contributed by atoms with Crippen molar-refractivity contribution in [1.29, 1.82) is 0 Å². The Balaban J connectivity index is 1.97. The molecule has 0 amide bonds. The van der Waals surface area contributed by atoms with Crippen LogP contribution in [-0.4, -0.2) is 18.5 Å². The van der Waals surface area contributed by atoms with Crippen molar-refractivity contribution in [2.45, 2.75) is 18.3 Å². The van der Waals surface area contributed by atoms with Gasteiger partial charge in [0, 0.05) is 16.8 Å². The fourth-order valence-corrected chi connectivity index (χ4v) is 4.01. The lowest BCUT2D eigenvalue weighted by Gasteiger charge is -2.19. The Morgan fingerprint density at radius 1 is 0.895 bits per heavy atom. The van der Waals surface area contributed by atoms with Gasteiger partial charge in [0.05, 0.1) is 27.2 Å². The molecule has 13 heteroatoms. The Hall–Kier alpha value is -2.82. The number of nitrogens with one attached hydrogen (secondary N) is 1. The van der Waals surface area contributed by atoms with Crippen LogP contribution in [-0.2, 0) is 6.18 Å². The van der Waals surface area contributed by atoms with Crippen molar-refractivity contribution in [3.8, 4) is 0 Å². The zero-order chi connectivity index (χ0) is 28.4. The van der Waals surface area contributed by atoms with Crippen molar-refractivity contribution in [3.05, 3.63) is 104 Å². The number of anilines is 1. The third kappa shape index (κ3) is 7.18. The SMILES string of the molecule is O=C(CNc1ccc(F)cc1)c1ccc(/C(F)=C/C(c2cc(Cl)c(Cl)c(Cl)c2)C(F)(F)F)cc1C(F)(F)F. The molecule has 202 valence electrons. The lowest BCUT2D eigenvalue weighted by Crippen LogP contribution is -2.20. The quantitative estimate of drug-likeness (QED) is 0.166. The Morgan fingerprint density at radius 3 is 2.00 bits per heavy atom. The highest BCUT2D eigenvalue weighted by Crippen LogP contribution is 2.42. The van der Waals surface area contributed by atoms with Crippen molar-refractivity contribution in [3.63, 3.8) is 0 Å². The summed E-state index contributed by atoms with van der Waals surface area (Å²) in [5.74, 6) is -5.88. The zero-order valence-electron chi connectivity index (χ0n) is 18.6. The number of rotatable bonds is 7. The van der Waals surface area contributed by atoms with E-state index < -0.39 is 64.5 Å². The van der Waals surface area contributed by atoms with Gasteiger partial charge in [-0.05, 0) is 54.1 Å². The molecule has 0 bridgehead atoms. The Bertz CT molecular complexity index is 1350. The molecular formula is C25H14Cl3F8NO. The van der Waals surface area contributed by atoms with Crippen molar-refractivity contribution in [1.82, 2.24) is 0 Å². The average molecular weight is 603 g/mol. The molecule has 0 saturated heterocycles. The van der Waals surface area contributed by atoms with E-state index in [1.54, 1.807) is 0 Å². The predicted molar refractivity (Wildman–Crippen MR) is 130 cm³/mol. The van der Waals surface area contributed by atoms with E-state index in [1.165, 1.54) is 12.1 Å². The number of benzene rings is 3. The summed E-state index contributed by atoms with van der Waals surface area (Å²) in [5, 5.41) is 1.63. The van der Waals surface area contributed by atoms with E-state index in [9.17, 15) is 39.9 Å². The van der Waals surface area contributed by atoms with E-state index in [1.807, 2.05) is 0 Å². The summed E-state index contributed by atoms with van der Waals surface area (Å²) in [5.41, 5.74) is -3.58. The number of Topliss-reactive ketones (excluding diaryl/α,β-unsaturated/α-hetero) is 1. The molecule has 0 aromatic heterocycles. The van der Waals surface area contributed by atoms with Gasteiger partial charge in [-0.2, -0.15) is 26.3 Å². The second kappa shape index (κ2) is 11.5. The highest BCUT2D eigenvalue weighted by molar-refractivity contribution is 6.48. The van der Waals surface area contributed by atoms with Gasteiger partial charge < -0.3 is 5.32 Å². The minimum absolute atomic E-state index is 0.0724. The lowest BCUT2D eigenvalue weighted by molar-refractivity contribution is -0.140. The van der Waals surface area contributed by atoms with Crippen LogP contribution in [0, 0.1) is 5.82 Å². The van der Waals surface area contributed by atoms with Gasteiger partial charge >= 0.3 is 12.4 Å². The second-order valence-corrected chi connectivity index (χ2v) is 9.07. The number of ketones is 1. The molecule has 38 heavy (non-hydrogen) atoms. The summed E-state index contributed by atoms with van der Waals surface area (Å²) in [6.45, 7) is -0.624. The molecular weight excluding hydrogens is 589 g/mol. The predicted octanol–water partition coefficient (Wildman–Crippen LogP) is 9.76.